The summed E-state index contributed by atoms with van der Waals surface area (Å²) in [5, 5.41) is 2.78. The van der Waals surface area contributed by atoms with Gasteiger partial charge >= 0.3 is 5.97 Å². The molecule has 5 heteroatoms. The minimum Gasteiger partial charge on any atom is -0.467 e. The third-order valence-electron chi connectivity index (χ3n) is 3.65. The van der Waals surface area contributed by atoms with E-state index in [-0.39, 0.29) is 11.8 Å². The van der Waals surface area contributed by atoms with Gasteiger partial charge in [-0.2, -0.15) is 0 Å². The van der Waals surface area contributed by atoms with Gasteiger partial charge in [0.05, 0.1) is 7.11 Å². The minimum atomic E-state index is -0.628. The van der Waals surface area contributed by atoms with Crippen molar-refractivity contribution in [2.75, 3.05) is 7.11 Å². The summed E-state index contributed by atoms with van der Waals surface area (Å²) in [4.78, 5) is 24.2. The van der Waals surface area contributed by atoms with E-state index in [0.717, 1.165) is 22.0 Å². The minimum absolute atomic E-state index is 0.0130. The Morgan fingerprint density at radius 1 is 1.29 bits per heavy atom. The van der Waals surface area contributed by atoms with Crippen LogP contribution in [0.2, 0.25) is 0 Å². The lowest BCUT2D eigenvalue weighted by molar-refractivity contribution is -0.144. The van der Waals surface area contributed by atoms with Crippen molar-refractivity contribution < 1.29 is 14.3 Å². The van der Waals surface area contributed by atoms with E-state index in [1.54, 1.807) is 12.1 Å². The van der Waals surface area contributed by atoms with Crippen LogP contribution < -0.4 is 5.32 Å². The maximum atomic E-state index is 12.4. The van der Waals surface area contributed by atoms with Crippen LogP contribution in [-0.2, 0) is 9.53 Å². The second-order valence-corrected chi connectivity index (χ2v) is 6.08. The fourth-order valence-corrected chi connectivity index (χ4v) is 2.33. The van der Waals surface area contributed by atoms with Gasteiger partial charge in [-0.3, -0.25) is 4.79 Å². The molecule has 0 saturated carbocycles. The molecule has 0 aliphatic rings. The Labute approximate surface area is 134 Å². The Morgan fingerprint density at radius 2 is 1.81 bits per heavy atom. The van der Waals surface area contributed by atoms with Gasteiger partial charge in [0.25, 0.3) is 5.91 Å². The SMILES string of the molecule is CCC(C)C(NC(=O)c1cc(C)c(Br)c(C)c1)C(=O)OC. The van der Waals surface area contributed by atoms with Crippen molar-refractivity contribution in [2.45, 2.75) is 40.2 Å². The van der Waals surface area contributed by atoms with Crippen LogP contribution >= 0.6 is 15.9 Å². The third-order valence-corrected chi connectivity index (χ3v) is 4.90. The molecule has 0 aliphatic carbocycles. The molecule has 1 aromatic rings. The number of hydrogen-bond donors (Lipinski definition) is 1. The van der Waals surface area contributed by atoms with E-state index in [2.05, 4.69) is 21.2 Å². The predicted octanol–water partition coefficient (Wildman–Crippen LogP) is 3.38. The van der Waals surface area contributed by atoms with E-state index in [1.807, 2.05) is 27.7 Å². The molecule has 1 aromatic carbocycles. The van der Waals surface area contributed by atoms with Gasteiger partial charge in [-0.1, -0.05) is 36.2 Å². The largest absolute Gasteiger partial charge is 0.467 e. The highest BCUT2D eigenvalue weighted by molar-refractivity contribution is 9.10. The smallest absolute Gasteiger partial charge is 0.328 e. The Bertz CT molecular complexity index is 519. The molecule has 0 aromatic heterocycles. The lowest BCUT2D eigenvalue weighted by Gasteiger charge is -2.22. The Balaban J connectivity index is 2.99. The third kappa shape index (κ3) is 4.30. The Kier molecular flexibility index (Phi) is 6.40. The number of ether oxygens (including phenoxy) is 1. The molecule has 0 bridgehead atoms. The molecule has 0 fully saturated rings. The number of halogens is 1. The molecule has 0 spiro atoms. The fourth-order valence-electron chi connectivity index (χ4n) is 2.10. The van der Waals surface area contributed by atoms with E-state index in [9.17, 15) is 9.59 Å². The van der Waals surface area contributed by atoms with Crippen LogP contribution in [0.15, 0.2) is 16.6 Å². The number of benzene rings is 1. The first kappa shape index (κ1) is 17.7. The van der Waals surface area contributed by atoms with Crippen LogP contribution in [0.5, 0.6) is 0 Å². The van der Waals surface area contributed by atoms with E-state index >= 15 is 0 Å². The van der Waals surface area contributed by atoms with Crippen molar-refractivity contribution >= 4 is 27.8 Å². The summed E-state index contributed by atoms with van der Waals surface area (Å²) >= 11 is 3.48. The first-order valence-corrected chi connectivity index (χ1v) is 7.76. The maximum absolute atomic E-state index is 12.4. The average Bonchev–Trinajstić information content (AvgIpc) is 2.47. The summed E-state index contributed by atoms with van der Waals surface area (Å²) in [6, 6.07) is 2.98. The molecule has 0 radical (unpaired) electrons. The van der Waals surface area contributed by atoms with Crippen LogP contribution in [0.4, 0.5) is 0 Å². The number of carbonyl (C=O) groups excluding carboxylic acids is 2. The molecule has 2 atom stereocenters. The first-order valence-electron chi connectivity index (χ1n) is 6.97. The van der Waals surface area contributed by atoms with Crippen molar-refractivity contribution in [3.8, 4) is 0 Å². The van der Waals surface area contributed by atoms with Gasteiger partial charge in [-0.15, -0.1) is 0 Å². The lowest BCUT2D eigenvalue weighted by atomic mass is 9.98. The summed E-state index contributed by atoms with van der Waals surface area (Å²) in [5.74, 6) is -0.660. The molecule has 0 saturated heterocycles. The zero-order valence-electron chi connectivity index (χ0n) is 13.1. The predicted molar refractivity (Wildman–Crippen MR) is 86.3 cm³/mol. The van der Waals surface area contributed by atoms with Gasteiger partial charge in [0.1, 0.15) is 6.04 Å². The molecule has 0 aliphatic heterocycles. The quantitative estimate of drug-likeness (QED) is 0.823. The normalized spacial score (nSPS) is 13.4. The zero-order valence-corrected chi connectivity index (χ0v) is 14.7. The molecule has 0 heterocycles. The Hall–Kier alpha value is -1.36. The molecule has 2 unspecified atom stereocenters. The van der Waals surface area contributed by atoms with Crippen molar-refractivity contribution in [1.82, 2.24) is 5.32 Å². The first-order chi connectivity index (χ1) is 9.81. The molecule has 1 rings (SSSR count). The number of amides is 1. The number of nitrogens with one attached hydrogen (secondary N) is 1. The summed E-state index contributed by atoms with van der Waals surface area (Å²) < 4.78 is 5.77. The standard InChI is InChI=1S/C16H22BrNO3/c1-6-9(2)14(16(20)21-5)18-15(19)12-7-10(3)13(17)11(4)8-12/h7-9,14H,6H2,1-5H3,(H,18,19). The number of carbonyl (C=O) groups is 2. The van der Waals surface area contributed by atoms with Gasteiger partial charge < -0.3 is 10.1 Å². The van der Waals surface area contributed by atoms with E-state index in [1.165, 1.54) is 7.11 Å². The highest BCUT2D eigenvalue weighted by Crippen LogP contribution is 2.22. The highest BCUT2D eigenvalue weighted by Gasteiger charge is 2.27. The zero-order chi connectivity index (χ0) is 16.2. The van der Waals surface area contributed by atoms with Gasteiger partial charge in [-0.05, 0) is 43.0 Å². The molecule has 116 valence electrons. The highest BCUT2D eigenvalue weighted by atomic mass is 79.9. The van der Waals surface area contributed by atoms with E-state index < -0.39 is 12.0 Å². The van der Waals surface area contributed by atoms with Crippen molar-refractivity contribution in [3.63, 3.8) is 0 Å². The average molecular weight is 356 g/mol. The monoisotopic (exact) mass is 355 g/mol. The summed E-state index contributed by atoms with van der Waals surface area (Å²) in [5.41, 5.74) is 2.52. The fraction of sp³-hybridized carbons (Fsp3) is 0.500. The van der Waals surface area contributed by atoms with Crippen LogP contribution in [0, 0.1) is 19.8 Å². The number of rotatable bonds is 5. The van der Waals surface area contributed by atoms with Crippen LogP contribution in [0.25, 0.3) is 0 Å². The van der Waals surface area contributed by atoms with E-state index in [0.29, 0.717) is 5.56 Å². The summed E-state index contributed by atoms with van der Waals surface area (Å²) in [7, 11) is 1.33. The second kappa shape index (κ2) is 7.59. The number of methoxy groups -OCH3 is 1. The van der Waals surface area contributed by atoms with Crippen molar-refractivity contribution in [1.29, 1.82) is 0 Å². The number of aryl methyl sites for hydroxylation is 2. The molecular formula is C16H22BrNO3. The van der Waals surface area contributed by atoms with Crippen molar-refractivity contribution in [2.24, 2.45) is 5.92 Å². The van der Waals surface area contributed by atoms with Crippen LogP contribution in [-0.4, -0.2) is 25.0 Å². The Morgan fingerprint density at radius 3 is 2.24 bits per heavy atom. The molecule has 1 amide bonds. The molecule has 1 N–H and O–H groups in total. The molecular weight excluding hydrogens is 334 g/mol. The van der Waals surface area contributed by atoms with Gasteiger partial charge in [0, 0.05) is 10.0 Å². The summed E-state index contributed by atoms with van der Waals surface area (Å²) in [6.07, 6.45) is 0.776. The number of esters is 1. The van der Waals surface area contributed by atoms with Crippen LogP contribution in [0.3, 0.4) is 0 Å². The summed E-state index contributed by atoms with van der Waals surface area (Å²) in [6.45, 7) is 7.75. The topological polar surface area (TPSA) is 55.4 Å². The molecule has 4 nitrogen and oxygen atoms in total. The van der Waals surface area contributed by atoms with Gasteiger partial charge in [0.2, 0.25) is 0 Å². The van der Waals surface area contributed by atoms with E-state index in [4.69, 9.17) is 4.74 Å². The number of hydrogen-bond acceptors (Lipinski definition) is 3. The van der Waals surface area contributed by atoms with Gasteiger partial charge in [-0.25, -0.2) is 4.79 Å². The molecule has 21 heavy (non-hydrogen) atoms. The van der Waals surface area contributed by atoms with Crippen LogP contribution in [0.1, 0.15) is 41.8 Å². The van der Waals surface area contributed by atoms with Gasteiger partial charge in [0.15, 0.2) is 0 Å². The van der Waals surface area contributed by atoms with Crippen molar-refractivity contribution in [3.05, 3.63) is 33.3 Å². The lowest BCUT2D eigenvalue weighted by Crippen LogP contribution is -2.45. The second-order valence-electron chi connectivity index (χ2n) is 5.28. The maximum Gasteiger partial charge on any atom is 0.328 e.